The Balaban J connectivity index is 0.000000360. The van der Waals surface area contributed by atoms with Gasteiger partial charge in [-0.05, 0) is 54.8 Å². The zero-order valence-corrected chi connectivity index (χ0v) is 18.1. The molecule has 0 spiro atoms. The van der Waals surface area contributed by atoms with Gasteiger partial charge in [-0.15, -0.1) is 11.3 Å². The van der Waals surface area contributed by atoms with Crippen molar-refractivity contribution in [2.75, 3.05) is 13.1 Å². The number of hydrogen-bond donors (Lipinski definition) is 1. The summed E-state index contributed by atoms with van der Waals surface area (Å²) in [6.45, 7) is 1.86. The molecule has 5 nitrogen and oxygen atoms in total. The van der Waals surface area contributed by atoms with Crippen LogP contribution in [0.3, 0.4) is 0 Å². The van der Waals surface area contributed by atoms with E-state index in [2.05, 4.69) is 47.4 Å². The van der Waals surface area contributed by atoms with Gasteiger partial charge in [0.25, 0.3) is 0 Å². The van der Waals surface area contributed by atoms with Crippen molar-refractivity contribution in [3.8, 4) is 10.6 Å². The lowest BCUT2D eigenvalue weighted by Gasteiger charge is -2.26. The van der Waals surface area contributed by atoms with Crippen molar-refractivity contribution < 1.29 is 27.9 Å². The lowest BCUT2D eigenvalue weighted by Crippen LogP contribution is -2.35. The molecule has 0 unspecified atom stereocenters. The van der Waals surface area contributed by atoms with Crippen molar-refractivity contribution in [2.24, 2.45) is 0 Å². The number of carbonyl (C=O) groups excluding carboxylic acids is 1. The summed E-state index contributed by atoms with van der Waals surface area (Å²) >= 11 is 1.77. The molecular formula is C23H23F3N2O3S. The predicted octanol–water partition coefficient (Wildman–Crippen LogP) is 5.54. The largest absolute Gasteiger partial charge is 0.490 e. The van der Waals surface area contributed by atoms with E-state index < -0.39 is 12.1 Å². The summed E-state index contributed by atoms with van der Waals surface area (Å²) < 4.78 is 33.0. The van der Waals surface area contributed by atoms with E-state index >= 15 is 0 Å². The van der Waals surface area contributed by atoms with Gasteiger partial charge < -0.3 is 10.0 Å². The van der Waals surface area contributed by atoms with Gasteiger partial charge in [0, 0.05) is 30.4 Å². The first-order valence-corrected chi connectivity index (χ1v) is 11.1. The molecule has 32 heavy (non-hydrogen) atoms. The van der Waals surface area contributed by atoms with Crippen LogP contribution in [0, 0.1) is 0 Å². The van der Waals surface area contributed by atoms with Gasteiger partial charge in [-0.25, -0.2) is 4.79 Å². The second kappa shape index (κ2) is 10.6. The standard InChI is InChI=1S/C21H22N2OS.C2HF3O2/c24-21(23-12-4-1-5-13-23)11-9-16-8-10-18(22-15-16)20-14-17-6-2-3-7-19(17)25-20;3-2(4,5)1(6)7/h2-3,6-8,10,14-15H,1,4-5,9,11-13H2;(H,6,7). The smallest absolute Gasteiger partial charge is 0.475 e. The van der Waals surface area contributed by atoms with E-state index in [1.807, 2.05) is 11.1 Å². The highest BCUT2D eigenvalue weighted by atomic mass is 32.1. The second-order valence-corrected chi connectivity index (χ2v) is 8.53. The number of thiophene rings is 1. The third-order valence-electron chi connectivity index (χ3n) is 5.08. The van der Waals surface area contributed by atoms with E-state index in [-0.39, 0.29) is 5.91 Å². The van der Waals surface area contributed by atoms with Gasteiger partial charge in [0.05, 0.1) is 10.6 Å². The fourth-order valence-corrected chi connectivity index (χ4v) is 4.42. The van der Waals surface area contributed by atoms with Gasteiger partial charge in [0.15, 0.2) is 0 Å². The van der Waals surface area contributed by atoms with E-state index in [1.54, 1.807) is 11.3 Å². The van der Waals surface area contributed by atoms with E-state index in [1.165, 1.54) is 21.4 Å². The summed E-state index contributed by atoms with van der Waals surface area (Å²) in [5, 5.41) is 8.39. The number of likely N-dealkylation sites (tertiary alicyclic amines) is 1. The molecule has 1 saturated heterocycles. The van der Waals surface area contributed by atoms with Crippen LogP contribution in [-0.2, 0) is 16.0 Å². The molecule has 3 aromatic rings. The van der Waals surface area contributed by atoms with Crippen LogP contribution >= 0.6 is 11.3 Å². The number of aryl methyl sites for hydroxylation is 1. The van der Waals surface area contributed by atoms with Crippen LogP contribution < -0.4 is 0 Å². The second-order valence-electron chi connectivity index (χ2n) is 7.44. The van der Waals surface area contributed by atoms with Gasteiger partial charge in [0.2, 0.25) is 5.91 Å². The zero-order chi connectivity index (χ0) is 23.1. The number of aliphatic carboxylic acids is 1. The number of amides is 1. The molecule has 1 N–H and O–H groups in total. The number of rotatable bonds is 4. The molecule has 1 fully saturated rings. The molecule has 1 aliphatic rings. The Morgan fingerprint density at radius 3 is 2.34 bits per heavy atom. The molecule has 9 heteroatoms. The molecular weight excluding hydrogens is 441 g/mol. The maximum Gasteiger partial charge on any atom is 0.490 e. The number of piperidine rings is 1. The average molecular weight is 465 g/mol. The molecule has 0 bridgehead atoms. The Morgan fingerprint density at radius 2 is 1.75 bits per heavy atom. The number of aromatic nitrogens is 1. The number of pyridine rings is 1. The number of hydrogen-bond acceptors (Lipinski definition) is 4. The van der Waals surface area contributed by atoms with Gasteiger partial charge in [0.1, 0.15) is 0 Å². The van der Waals surface area contributed by atoms with Crippen LogP contribution in [0.2, 0.25) is 0 Å². The van der Waals surface area contributed by atoms with Crippen LogP contribution in [-0.4, -0.2) is 46.1 Å². The summed E-state index contributed by atoms with van der Waals surface area (Å²) in [4.78, 5) is 29.0. The molecule has 0 aliphatic carbocycles. The third-order valence-corrected chi connectivity index (χ3v) is 6.22. The summed E-state index contributed by atoms with van der Waals surface area (Å²) in [6, 6.07) is 14.8. The normalized spacial score (nSPS) is 14.0. The number of halogens is 3. The third kappa shape index (κ3) is 6.53. The molecule has 0 radical (unpaired) electrons. The van der Waals surface area contributed by atoms with Crippen molar-refractivity contribution in [3.63, 3.8) is 0 Å². The molecule has 1 aromatic carbocycles. The summed E-state index contributed by atoms with van der Waals surface area (Å²) in [5.74, 6) is -2.47. The van der Waals surface area contributed by atoms with Gasteiger partial charge >= 0.3 is 12.1 Å². The summed E-state index contributed by atoms with van der Waals surface area (Å²) in [5.41, 5.74) is 2.14. The molecule has 0 atom stereocenters. The van der Waals surface area contributed by atoms with Gasteiger partial charge in [-0.3, -0.25) is 9.78 Å². The van der Waals surface area contributed by atoms with Crippen LogP contribution in [0.5, 0.6) is 0 Å². The maximum atomic E-state index is 12.3. The highest BCUT2D eigenvalue weighted by Crippen LogP contribution is 2.32. The SMILES string of the molecule is O=C(CCc1ccc(-c2cc3ccccc3s2)nc1)N1CCCCC1.O=C(O)C(F)(F)F. The lowest BCUT2D eigenvalue weighted by molar-refractivity contribution is -0.192. The number of carbonyl (C=O) groups is 2. The van der Waals surface area contributed by atoms with Crippen LogP contribution in [0.1, 0.15) is 31.2 Å². The first-order valence-electron chi connectivity index (χ1n) is 10.3. The number of fused-ring (bicyclic) bond motifs is 1. The highest BCUT2D eigenvalue weighted by Gasteiger charge is 2.38. The number of nitrogens with zero attached hydrogens (tertiary/aromatic N) is 2. The minimum absolute atomic E-state index is 0.285. The van der Waals surface area contributed by atoms with Gasteiger partial charge in [-0.1, -0.05) is 24.3 Å². The topological polar surface area (TPSA) is 70.5 Å². The van der Waals surface area contributed by atoms with Crippen LogP contribution in [0.25, 0.3) is 20.7 Å². The van der Waals surface area contributed by atoms with Crippen LogP contribution in [0.4, 0.5) is 13.2 Å². The monoisotopic (exact) mass is 464 g/mol. The Morgan fingerprint density at radius 1 is 1.06 bits per heavy atom. The fraction of sp³-hybridized carbons (Fsp3) is 0.348. The molecule has 3 heterocycles. The Hall–Kier alpha value is -2.94. The van der Waals surface area contributed by atoms with E-state index in [4.69, 9.17) is 9.90 Å². The van der Waals surface area contributed by atoms with Crippen LogP contribution in [0.15, 0.2) is 48.7 Å². The number of carboxylic acids is 1. The molecule has 1 amide bonds. The number of carboxylic acid groups (broad SMARTS) is 1. The zero-order valence-electron chi connectivity index (χ0n) is 17.3. The average Bonchev–Trinajstić information content (AvgIpc) is 3.22. The minimum atomic E-state index is -5.08. The Labute approximate surface area is 187 Å². The summed E-state index contributed by atoms with van der Waals surface area (Å²) in [6.07, 6.45) is 1.75. The Kier molecular flexibility index (Phi) is 7.84. The maximum absolute atomic E-state index is 12.3. The minimum Gasteiger partial charge on any atom is -0.475 e. The van der Waals surface area contributed by atoms with Crippen molar-refractivity contribution in [1.82, 2.24) is 9.88 Å². The van der Waals surface area contributed by atoms with E-state index in [0.29, 0.717) is 6.42 Å². The fourth-order valence-electron chi connectivity index (χ4n) is 3.38. The van der Waals surface area contributed by atoms with Crippen molar-refractivity contribution in [1.29, 1.82) is 0 Å². The van der Waals surface area contributed by atoms with Gasteiger partial charge in [-0.2, -0.15) is 13.2 Å². The molecule has 2 aromatic heterocycles. The Bertz CT molecular complexity index is 1030. The van der Waals surface area contributed by atoms with E-state index in [0.717, 1.165) is 43.6 Å². The highest BCUT2D eigenvalue weighted by molar-refractivity contribution is 7.22. The number of alkyl halides is 3. The molecule has 0 saturated carbocycles. The molecule has 1 aliphatic heterocycles. The summed E-state index contributed by atoms with van der Waals surface area (Å²) in [7, 11) is 0. The van der Waals surface area contributed by atoms with Crippen molar-refractivity contribution in [2.45, 2.75) is 38.3 Å². The molecule has 170 valence electrons. The van der Waals surface area contributed by atoms with Crippen molar-refractivity contribution >= 4 is 33.3 Å². The van der Waals surface area contributed by atoms with E-state index in [9.17, 15) is 18.0 Å². The first kappa shape index (κ1) is 23.7. The molecule has 4 rings (SSSR count). The number of benzene rings is 1. The van der Waals surface area contributed by atoms with Crippen molar-refractivity contribution in [3.05, 3.63) is 54.2 Å². The predicted molar refractivity (Wildman–Crippen MR) is 117 cm³/mol. The first-order chi connectivity index (χ1) is 15.2. The lowest BCUT2D eigenvalue weighted by atomic mass is 10.1. The quantitative estimate of drug-likeness (QED) is 0.550.